The number of ether oxygens (including phenoxy) is 1. The second kappa shape index (κ2) is 6.23. The average Bonchev–Trinajstić information content (AvgIpc) is 3.21. The van der Waals surface area contributed by atoms with Crippen LogP contribution in [0.25, 0.3) is 0 Å². The lowest BCUT2D eigenvalue weighted by Gasteiger charge is -2.34. The maximum absolute atomic E-state index is 5.59. The van der Waals surface area contributed by atoms with Crippen LogP contribution in [0.4, 0.5) is 0 Å². The SMILES string of the molecule is COc1cccc2c1CC[C@@H]1[C@H]2CCN1CCC1CCCC1. The first-order chi connectivity index (χ1) is 10.9. The van der Waals surface area contributed by atoms with Crippen molar-refractivity contribution in [3.63, 3.8) is 0 Å². The largest absolute Gasteiger partial charge is 0.496 e. The van der Waals surface area contributed by atoms with Crippen LogP contribution < -0.4 is 4.74 Å². The third kappa shape index (κ3) is 2.56. The summed E-state index contributed by atoms with van der Waals surface area (Å²) in [6.45, 7) is 2.64. The number of rotatable bonds is 4. The Hall–Kier alpha value is -1.02. The Morgan fingerprint density at radius 1 is 1.14 bits per heavy atom. The van der Waals surface area contributed by atoms with Crippen LogP contribution in [0.3, 0.4) is 0 Å². The van der Waals surface area contributed by atoms with Crippen molar-refractivity contribution in [2.75, 3.05) is 20.2 Å². The van der Waals surface area contributed by atoms with Gasteiger partial charge in [0.1, 0.15) is 5.75 Å². The van der Waals surface area contributed by atoms with E-state index in [0.29, 0.717) is 0 Å². The lowest BCUT2D eigenvalue weighted by atomic mass is 9.79. The quantitative estimate of drug-likeness (QED) is 0.818. The standard InChI is InChI=1S/C20H29NO/c1-22-20-8-4-7-16-17-12-14-21(19(17)10-9-18(16)20)13-11-15-5-2-3-6-15/h4,7-8,15,17,19H,2-3,5-6,9-14H2,1H3/t17-,19+/m0/s1. The number of methoxy groups -OCH3 is 1. The van der Waals surface area contributed by atoms with Crippen molar-refractivity contribution in [2.24, 2.45) is 5.92 Å². The minimum absolute atomic E-state index is 0.752. The molecule has 1 aromatic rings. The summed E-state index contributed by atoms with van der Waals surface area (Å²) in [6, 6.07) is 7.46. The lowest BCUT2D eigenvalue weighted by molar-refractivity contribution is 0.210. The summed E-state index contributed by atoms with van der Waals surface area (Å²) in [5, 5.41) is 0. The van der Waals surface area contributed by atoms with E-state index in [1.54, 1.807) is 5.56 Å². The first-order valence-corrected chi connectivity index (χ1v) is 9.26. The maximum Gasteiger partial charge on any atom is 0.122 e. The van der Waals surface area contributed by atoms with Crippen molar-refractivity contribution in [3.8, 4) is 5.75 Å². The van der Waals surface area contributed by atoms with Crippen LogP contribution in [0.15, 0.2) is 18.2 Å². The molecule has 1 saturated carbocycles. The third-order valence-electron chi connectivity index (χ3n) is 6.44. The molecule has 1 heterocycles. The van der Waals surface area contributed by atoms with Crippen LogP contribution in [0.5, 0.6) is 5.75 Å². The van der Waals surface area contributed by atoms with Gasteiger partial charge in [0.05, 0.1) is 7.11 Å². The molecule has 0 spiro atoms. The third-order valence-corrected chi connectivity index (χ3v) is 6.44. The number of hydrogen-bond acceptors (Lipinski definition) is 2. The summed E-state index contributed by atoms with van der Waals surface area (Å²) in [4.78, 5) is 2.81. The summed E-state index contributed by atoms with van der Waals surface area (Å²) < 4.78 is 5.59. The van der Waals surface area contributed by atoms with E-state index >= 15 is 0 Å². The topological polar surface area (TPSA) is 12.5 Å². The van der Waals surface area contributed by atoms with E-state index in [9.17, 15) is 0 Å². The molecule has 0 unspecified atom stereocenters. The molecule has 0 amide bonds. The fourth-order valence-corrected chi connectivity index (χ4v) is 5.27. The molecule has 0 radical (unpaired) electrons. The number of benzene rings is 1. The molecule has 2 heteroatoms. The first-order valence-electron chi connectivity index (χ1n) is 9.26. The van der Waals surface area contributed by atoms with Gasteiger partial charge < -0.3 is 4.74 Å². The zero-order valence-electron chi connectivity index (χ0n) is 13.9. The van der Waals surface area contributed by atoms with Crippen LogP contribution in [0, 0.1) is 5.92 Å². The summed E-state index contributed by atoms with van der Waals surface area (Å²) in [5.74, 6) is 2.89. The highest BCUT2D eigenvalue weighted by Crippen LogP contribution is 2.44. The van der Waals surface area contributed by atoms with E-state index in [2.05, 4.69) is 23.1 Å². The number of likely N-dealkylation sites (tertiary alicyclic amines) is 1. The van der Waals surface area contributed by atoms with E-state index < -0.39 is 0 Å². The van der Waals surface area contributed by atoms with Gasteiger partial charge in [-0.1, -0.05) is 37.8 Å². The minimum atomic E-state index is 0.752. The second-order valence-corrected chi connectivity index (χ2v) is 7.50. The van der Waals surface area contributed by atoms with Crippen molar-refractivity contribution < 1.29 is 4.74 Å². The molecule has 2 fully saturated rings. The van der Waals surface area contributed by atoms with Gasteiger partial charge in [-0.2, -0.15) is 0 Å². The predicted octanol–water partition coefficient (Wildman–Crippen LogP) is 4.38. The lowest BCUT2D eigenvalue weighted by Crippen LogP contribution is -2.36. The monoisotopic (exact) mass is 299 g/mol. The molecule has 2 nitrogen and oxygen atoms in total. The Morgan fingerprint density at radius 2 is 2.00 bits per heavy atom. The number of fused-ring (bicyclic) bond motifs is 3. The molecule has 3 aliphatic rings. The highest BCUT2D eigenvalue weighted by Gasteiger charge is 2.39. The zero-order chi connectivity index (χ0) is 14.9. The van der Waals surface area contributed by atoms with E-state index in [-0.39, 0.29) is 0 Å². The molecule has 0 N–H and O–H groups in total. The van der Waals surface area contributed by atoms with Gasteiger partial charge in [0.25, 0.3) is 0 Å². The van der Waals surface area contributed by atoms with Crippen LogP contribution in [-0.2, 0) is 6.42 Å². The molecule has 0 aromatic heterocycles. The van der Waals surface area contributed by atoms with Gasteiger partial charge in [-0.25, -0.2) is 0 Å². The van der Waals surface area contributed by atoms with E-state index in [0.717, 1.165) is 23.6 Å². The fraction of sp³-hybridized carbons (Fsp3) is 0.700. The van der Waals surface area contributed by atoms with Gasteiger partial charge in [-0.3, -0.25) is 4.90 Å². The van der Waals surface area contributed by atoms with Crippen molar-refractivity contribution in [2.45, 2.75) is 63.3 Å². The first kappa shape index (κ1) is 14.6. The van der Waals surface area contributed by atoms with E-state index in [1.165, 1.54) is 70.0 Å². The normalized spacial score (nSPS) is 28.6. The molecular formula is C20H29NO. The molecule has 2 aliphatic carbocycles. The summed E-state index contributed by atoms with van der Waals surface area (Å²) in [7, 11) is 1.81. The second-order valence-electron chi connectivity index (χ2n) is 7.50. The van der Waals surface area contributed by atoms with E-state index in [4.69, 9.17) is 4.74 Å². The number of nitrogens with zero attached hydrogens (tertiary/aromatic N) is 1. The van der Waals surface area contributed by atoms with Gasteiger partial charge in [0, 0.05) is 12.0 Å². The molecular weight excluding hydrogens is 270 g/mol. The van der Waals surface area contributed by atoms with E-state index in [1.807, 2.05) is 7.11 Å². The molecule has 1 aromatic carbocycles. The van der Waals surface area contributed by atoms with Crippen molar-refractivity contribution in [1.29, 1.82) is 0 Å². The Balaban J connectivity index is 1.46. The molecule has 0 bridgehead atoms. The van der Waals surface area contributed by atoms with Crippen molar-refractivity contribution in [3.05, 3.63) is 29.3 Å². The Bertz CT molecular complexity index is 520. The molecule has 1 aliphatic heterocycles. The van der Waals surface area contributed by atoms with Gasteiger partial charge in [0.15, 0.2) is 0 Å². The predicted molar refractivity (Wildman–Crippen MR) is 90.6 cm³/mol. The molecule has 120 valence electrons. The Labute approximate surface area is 134 Å². The van der Waals surface area contributed by atoms with Crippen LogP contribution in [0.1, 0.15) is 62.0 Å². The summed E-state index contributed by atoms with van der Waals surface area (Å²) >= 11 is 0. The van der Waals surface area contributed by atoms with Gasteiger partial charge in [-0.15, -0.1) is 0 Å². The average molecular weight is 299 g/mol. The molecule has 4 rings (SSSR count). The maximum atomic E-state index is 5.59. The highest BCUT2D eigenvalue weighted by molar-refractivity contribution is 5.45. The van der Waals surface area contributed by atoms with Crippen LogP contribution in [-0.4, -0.2) is 31.1 Å². The summed E-state index contributed by atoms with van der Waals surface area (Å²) in [6.07, 6.45) is 11.2. The Kier molecular flexibility index (Phi) is 4.13. The van der Waals surface area contributed by atoms with Gasteiger partial charge in [-0.05, 0) is 61.9 Å². The highest BCUT2D eigenvalue weighted by atomic mass is 16.5. The van der Waals surface area contributed by atoms with Crippen molar-refractivity contribution >= 4 is 0 Å². The molecule has 22 heavy (non-hydrogen) atoms. The zero-order valence-corrected chi connectivity index (χ0v) is 13.9. The van der Waals surface area contributed by atoms with Crippen LogP contribution >= 0.6 is 0 Å². The van der Waals surface area contributed by atoms with Gasteiger partial charge >= 0.3 is 0 Å². The smallest absolute Gasteiger partial charge is 0.122 e. The molecule has 2 atom stereocenters. The van der Waals surface area contributed by atoms with Crippen LogP contribution in [0.2, 0.25) is 0 Å². The Morgan fingerprint density at radius 3 is 2.82 bits per heavy atom. The fourth-order valence-electron chi connectivity index (χ4n) is 5.27. The van der Waals surface area contributed by atoms with Gasteiger partial charge in [0.2, 0.25) is 0 Å². The minimum Gasteiger partial charge on any atom is -0.496 e. The van der Waals surface area contributed by atoms with Crippen molar-refractivity contribution in [1.82, 2.24) is 4.90 Å². The summed E-state index contributed by atoms with van der Waals surface area (Å²) in [5.41, 5.74) is 3.07. The molecule has 1 saturated heterocycles. The number of hydrogen-bond donors (Lipinski definition) is 0.